The molecule has 17 heavy (non-hydrogen) atoms. The lowest BCUT2D eigenvalue weighted by Crippen LogP contribution is -2.11. The van der Waals surface area contributed by atoms with E-state index in [1.165, 1.54) is 21.6 Å². The summed E-state index contributed by atoms with van der Waals surface area (Å²) in [5.41, 5.74) is 10.2. The third kappa shape index (κ3) is 3.18. The van der Waals surface area contributed by atoms with Crippen LogP contribution in [0.2, 0.25) is 0 Å². The van der Waals surface area contributed by atoms with Crippen molar-refractivity contribution in [1.82, 2.24) is 0 Å². The van der Waals surface area contributed by atoms with E-state index >= 15 is 0 Å². The molecule has 0 saturated heterocycles. The fourth-order valence-electron chi connectivity index (χ4n) is 2.12. The van der Waals surface area contributed by atoms with Crippen LogP contribution in [0.4, 0.5) is 0 Å². The SMILES string of the molecule is Cc1cccc(CCC(N)c2ccsc2C)c1. The Bertz CT molecular complexity index is 487. The average Bonchev–Trinajstić information content (AvgIpc) is 2.72. The van der Waals surface area contributed by atoms with Crippen LogP contribution in [-0.2, 0) is 6.42 Å². The molecule has 0 saturated carbocycles. The van der Waals surface area contributed by atoms with Crippen LogP contribution >= 0.6 is 11.3 Å². The minimum Gasteiger partial charge on any atom is -0.324 e. The number of hydrogen-bond acceptors (Lipinski definition) is 2. The van der Waals surface area contributed by atoms with E-state index in [0.29, 0.717) is 0 Å². The first kappa shape index (κ1) is 12.3. The number of thiophene rings is 1. The van der Waals surface area contributed by atoms with Gasteiger partial charge in [0.15, 0.2) is 0 Å². The van der Waals surface area contributed by atoms with Crippen molar-refractivity contribution in [3.05, 3.63) is 57.3 Å². The van der Waals surface area contributed by atoms with E-state index in [1.54, 1.807) is 11.3 Å². The molecule has 1 aromatic carbocycles. The van der Waals surface area contributed by atoms with Gasteiger partial charge in [-0.15, -0.1) is 11.3 Å². The number of aryl methyl sites for hydroxylation is 3. The molecule has 2 aromatic rings. The maximum atomic E-state index is 6.23. The minimum atomic E-state index is 0.168. The van der Waals surface area contributed by atoms with Gasteiger partial charge in [-0.25, -0.2) is 0 Å². The molecule has 2 heteroatoms. The Hall–Kier alpha value is -1.12. The van der Waals surface area contributed by atoms with Crippen molar-refractivity contribution in [3.63, 3.8) is 0 Å². The van der Waals surface area contributed by atoms with Crippen LogP contribution in [0.25, 0.3) is 0 Å². The molecule has 1 nitrogen and oxygen atoms in total. The number of nitrogens with two attached hydrogens (primary N) is 1. The van der Waals surface area contributed by atoms with Gasteiger partial charge in [0.05, 0.1) is 0 Å². The third-order valence-electron chi connectivity index (χ3n) is 3.12. The Morgan fingerprint density at radius 1 is 1.24 bits per heavy atom. The monoisotopic (exact) mass is 245 g/mol. The van der Waals surface area contributed by atoms with Crippen LogP contribution in [-0.4, -0.2) is 0 Å². The maximum Gasteiger partial charge on any atom is 0.0308 e. The van der Waals surface area contributed by atoms with Crippen LogP contribution in [0.1, 0.15) is 34.0 Å². The second kappa shape index (κ2) is 5.48. The molecular weight excluding hydrogens is 226 g/mol. The Balaban J connectivity index is 1.97. The van der Waals surface area contributed by atoms with Gasteiger partial charge in [-0.3, -0.25) is 0 Å². The van der Waals surface area contributed by atoms with E-state index in [1.807, 2.05) is 0 Å². The molecule has 1 atom stereocenters. The first-order chi connectivity index (χ1) is 8.16. The predicted molar refractivity (Wildman–Crippen MR) is 75.5 cm³/mol. The van der Waals surface area contributed by atoms with Crippen molar-refractivity contribution in [2.45, 2.75) is 32.7 Å². The van der Waals surface area contributed by atoms with Gasteiger partial charge in [-0.2, -0.15) is 0 Å². The summed E-state index contributed by atoms with van der Waals surface area (Å²) in [5, 5.41) is 2.12. The number of hydrogen-bond donors (Lipinski definition) is 1. The molecule has 0 aliphatic heterocycles. The smallest absolute Gasteiger partial charge is 0.0308 e. The summed E-state index contributed by atoms with van der Waals surface area (Å²) >= 11 is 1.78. The topological polar surface area (TPSA) is 26.0 Å². The Morgan fingerprint density at radius 3 is 2.71 bits per heavy atom. The molecular formula is C15H19NS. The van der Waals surface area contributed by atoms with E-state index in [-0.39, 0.29) is 6.04 Å². The van der Waals surface area contributed by atoms with Crippen molar-refractivity contribution in [2.75, 3.05) is 0 Å². The number of benzene rings is 1. The predicted octanol–water partition coefficient (Wildman–Crippen LogP) is 4.00. The Kier molecular flexibility index (Phi) is 3.97. The highest BCUT2D eigenvalue weighted by Crippen LogP contribution is 2.24. The van der Waals surface area contributed by atoms with Crippen LogP contribution in [0.3, 0.4) is 0 Å². The van der Waals surface area contributed by atoms with E-state index in [0.717, 1.165) is 12.8 Å². The van der Waals surface area contributed by atoms with Crippen LogP contribution in [0, 0.1) is 13.8 Å². The first-order valence-corrected chi connectivity index (χ1v) is 6.90. The molecule has 1 unspecified atom stereocenters. The highest BCUT2D eigenvalue weighted by atomic mass is 32.1. The molecule has 2 rings (SSSR count). The first-order valence-electron chi connectivity index (χ1n) is 6.02. The van der Waals surface area contributed by atoms with Gasteiger partial charge >= 0.3 is 0 Å². The van der Waals surface area contributed by atoms with Gasteiger partial charge in [0, 0.05) is 10.9 Å². The van der Waals surface area contributed by atoms with Gasteiger partial charge in [-0.05, 0) is 49.3 Å². The van der Waals surface area contributed by atoms with Gasteiger partial charge in [0.1, 0.15) is 0 Å². The minimum absolute atomic E-state index is 0.168. The van der Waals surface area contributed by atoms with Crippen molar-refractivity contribution in [2.24, 2.45) is 5.73 Å². The van der Waals surface area contributed by atoms with E-state index < -0.39 is 0 Å². The zero-order valence-electron chi connectivity index (χ0n) is 10.4. The number of rotatable bonds is 4. The quantitative estimate of drug-likeness (QED) is 0.865. The van der Waals surface area contributed by atoms with E-state index in [2.05, 4.69) is 49.6 Å². The molecule has 0 bridgehead atoms. The van der Waals surface area contributed by atoms with E-state index in [9.17, 15) is 0 Å². The summed E-state index contributed by atoms with van der Waals surface area (Å²) < 4.78 is 0. The Morgan fingerprint density at radius 2 is 2.06 bits per heavy atom. The van der Waals surface area contributed by atoms with E-state index in [4.69, 9.17) is 5.73 Å². The van der Waals surface area contributed by atoms with Crippen molar-refractivity contribution < 1.29 is 0 Å². The average molecular weight is 245 g/mol. The highest BCUT2D eigenvalue weighted by Gasteiger charge is 2.09. The molecule has 0 spiro atoms. The normalized spacial score (nSPS) is 12.6. The molecule has 1 aromatic heterocycles. The molecule has 1 heterocycles. The molecule has 2 N–H and O–H groups in total. The second-order valence-corrected chi connectivity index (χ2v) is 5.69. The van der Waals surface area contributed by atoms with Crippen LogP contribution in [0.15, 0.2) is 35.7 Å². The standard InChI is InChI=1S/C15H19NS/c1-11-4-3-5-13(10-11)6-7-15(16)14-8-9-17-12(14)2/h3-5,8-10,15H,6-7,16H2,1-2H3. The summed E-state index contributed by atoms with van der Waals surface area (Å²) in [6, 6.07) is 11.0. The highest BCUT2D eigenvalue weighted by molar-refractivity contribution is 7.10. The van der Waals surface area contributed by atoms with Crippen LogP contribution in [0.5, 0.6) is 0 Å². The fraction of sp³-hybridized carbons (Fsp3) is 0.333. The lowest BCUT2D eigenvalue weighted by atomic mass is 9.99. The molecule has 0 fully saturated rings. The zero-order chi connectivity index (χ0) is 12.3. The summed E-state index contributed by atoms with van der Waals surface area (Å²) in [7, 11) is 0. The Labute approximate surface area is 107 Å². The summed E-state index contributed by atoms with van der Waals surface area (Å²) in [4.78, 5) is 1.35. The van der Waals surface area contributed by atoms with Crippen molar-refractivity contribution >= 4 is 11.3 Å². The van der Waals surface area contributed by atoms with Gasteiger partial charge in [-0.1, -0.05) is 29.8 Å². The molecule has 0 radical (unpaired) electrons. The third-order valence-corrected chi connectivity index (χ3v) is 3.99. The fourth-order valence-corrected chi connectivity index (χ4v) is 2.90. The van der Waals surface area contributed by atoms with Gasteiger partial charge < -0.3 is 5.73 Å². The molecule has 90 valence electrons. The van der Waals surface area contributed by atoms with Crippen molar-refractivity contribution in [3.8, 4) is 0 Å². The van der Waals surface area contributed by atoms with Gasteiger partial charge in [0.2, 0.25) is 0 Å². The second-order valence-electron chi connectivity index (χ2n) is 4.57. The molecule has 0 amide bonds. The molecule has 0 aliphatic carbocycles. The van der Waals surface area contributed by atoms with Crippen molar-refractivity contribution in [1.29, 1.82) is 0 Å². The van der Waals surface area contributed by atoms with Gasteiger partial charge in [0.25, 0.3) is 0 Å². The maximum absolute atomic E-state index is 6.23. The summed E-state index contributed by atoms with van der Waals surface area (Å²) in [5.74, 6) is 0. The summed E-state index contributed by atoms with van der Waals surface area (Å²) in [6.07, 6.45) is 2.07. The zero-order valence-corrected chi connectivity index (χ0v) is 11.3. The summed E-state index contributed by atoms with van der Waals surface area (Å²) in [6.45, 7) is 4.28. The lowest BCUT2D eigenvalue weighted by Gasteiger charge is -2.11. The molecule has 0 aliphatic rings. The van der Waals surface area contributed by atoms with Crippen LogP contribution < -0.4 is 5.73 Å². The lowest BCUT2D eigenvalue weighted by molar-refractivity contribution is 0.650. The largest absolute Gasteiger partial charge is 0.324 e.